The van der Waals surface area contributed by atoms with Crippen LogP contribution < -0.4 is 9.54 Å². The molecule has 0 fully saturated rings. The van der Waals surface area contributed by atoms with Crippen molar-refractivity contribution in [3.63, 3.8) is 0 Å². The van der Waals surface area contributed by atoms with E-state index >= 15 is 0 Å². The molecule has 0 aliphatic rings. The van der Waals surface area contributed by atoms with Gasteiger partial charge in [-0.15, -0.1) is 0 Å². The number of benzene rings is 2. The van der Waals surface area contributed by atoms with Gasteiger partial charge in [0.2, 0.25) is 0 Å². The molecule has 0 bridgehead atoms. The Balaban J connectivity index is 2.04. The number of carbonyl (C=O) groups is 2. The molecule has 0 saturated carbocycles. The van der Waals surface area contributed by atoms with Crippen LogP contribution in [0.15, 0.2) is 47.5 Å². The first kappa shape index (κ1) is 19.1. The van der Waals surface area contributed by atoms with Crippen LogP contribution in [-0.2, 0) is 27.3 Å². The number of nitrogens with zero attached hydrogens (tertiary/aromatic N) is 2. The quantitative estimate of drug-likeness (QED) is 0.612. The highest BCUT2D eigenvalue weighted by Gasteiger charge is 2.13. The van der Waals surface area contributed by atoms with Crippen molar-refractivity contribution < 1.29 is 19.1 Å². The van der Waals surface area contributed by atoms with Crippen molar-refractivity contribution in [2.24, 2.45) is 4.99 Å². The maximum Gasteiger partial charge on any atom is 0.325 e. The molecular formula is C19H17ClN2O4S. The van der Waals surface area contributed by atoms with E-state index in [4.69, 9.17) is 21.1 Å². The zero-order chi connectivity index (χ0) is 19.4. The molecule has 3 rings (SSSR count). The molecule has 140 valence electrons. The van der Waals surface area contributed by atoms with E-state index in [0.29, 0.717) is 21.1 Å². The smallest absolute Gasteiger partial charge is 0.325 e. The summed E-state index contributed by atoms with van der Waals surface area (Å²) in [6.07, 6.45) is 0.0788. The predicted octanol–water partition coefficient (Wildman–Crippen LogP) is 3.21. The van der Waals surface area contributed by atoms with Crippen LogP contribution in [0.1, 0.15) is 5.56 Å². The minimum absolute atomic E-state index is 0.0406. The van der Waals surface area contributed by atoms with E-state index in [9.17, 15) is 9.59 Å². The minimum Gasteiger partial charge on any atom is -0.497 e. The number of hydrogen-bond donors (Lipinski definition) is 0. The zero-order valence-electron chi connectivity index (χ0n) is 14.8. The standard InChI is InChI=1S/C19H17ClN2O4S/c1-25-13-7-8-15-16(10-13)27-19(22(15)11-18(24)26-2)21-17(23)9-12-5-3-4-6-14(12)20/h3-8,10H,9,11H2,1-2H3. The highest BCUT2D eigenvalue weighted by Crippen LogP contribution is 2.23. The van der Waals surface area contributed by atoms with Crippen LogP contribution in [0.2, 0.25) is 5.02 Å². The number of esters is 1. The van der Waals surface area contributed by atoms with Gasteiger partial charge in [0.25, 0.3) is 5.91 Å². The van der Waals surface area contributed by atoms with Crippen LogP contribution in [-0.4, -0.2) is 30.7 Å². The van der Waals surface area contributed by atoms with Crippen LogP contribution >= 0.6 is 22.9 Å². The lowest BCUT2D eigenvalue weighted by atomic mass is 10.1. The molecule has 1 heterocycles. The summed E-state index contributed by atoms with van der Waals surface area (Å²) in [6, 6.07) is 12.6. The molecule has 27 heavy (non-hydrogen) atoms. The van der Waals surface area contributed by atoms with Crippen molar-refractivity contribution in [2.75, 3.05) is 14.2 Å². The highest BCUT2D eigenvalue weighted by molar-refractivity contribution is 7.16. The fourth-order valence-corrected chi connectivity index (χ4v) is 3.84. The van der Waals surface area contributed by atoms with Crippen LogP contribution in [0.4, 0.5) is 0 Å². The van der Waals surface area contributed by atoms with Crippen LogP contribution in [0, 0.1) is 0 Å². The van der Waals surface area contributed by atoms with E-state index in [1.807, 2.05) is 18.2 Å². The first-order valence-corrected chi connectivity index (χ1v) is 9.26. The molecule has 0 aliphatic carbocycles. The zero-order valence-corrected chi connectivity index (χ0v) is 16.3. The average molecular weight is 405 g/mol. The monoisotopic (exact) mass is 404 g/mol. The lowest BCUT2D eigenvalue weighted by molar-refractivity contribution is -0.141. The second-order valence-corrected chi connectivity index (χ2v) is 7.07. The topological polar surface area (TPSA) is 69.9 Å². The van der Waals surface area contributed by atoms with Crippen molar-refractivity contribution in [3.05, 3.63) is 57.9 Å². The van der Waals surface area contributed by atoms with Gasteiger partial charge >= 0.3 is 5.97 Å². The number of aromatic nitrogens is 1. The van der Waals surface area contributed by atoms with Gasteiger partial charge in [-0.3, -0.25) is 9.59 Å². The summed E-state index contributed by atoms with van der Waals surface area (Å²) >= 11 is 7.42. The van der Waals surface area contributed by atoms with Gasteiger partial charge in [0.15, 0.2) is 4.80 Å². The largest absolute Gasteiger partial charge is 0.497 e. The molecule has 0 aliphatic heterocycles. The molecule has 1 amide bonds. The molecule has 0 radical (unpaired) electrons. The number of fused-ring (bicyclic) bond motifs is 1. The number of carbonyl (C=O) groups excluding carboxylic acids is 2. The third-order valence-electron chi connectivity index (χ3n) is 3.92. The Hall–Kier alpha value is -2.64. The summed E-state index contributed by atoms with van der Waals surface area (Å²) in [5.41, 5.74) is 1.48. The Kier molecular flexibility index (Phi) is 5.93. The molecule has 0 saturated heterocycles. The van der Waals surface area contributed by atoms with Crippen LogP contribution in [0.5, 0.6) is 5.75 Å². The van der Waals surface area contributed by atoms with E-state index < -0.39 is 5.97 Å². The SMILES string of the molecule is COC(=O)Cn1c(=NC(=O)Cc2ccccc2Cl)sc2cc(OC)ccc21. The summed E-state index contributed by atoms with van der Waals surface area (Å²) in [6.45, 7) is -0.0406. The Morgan fingerprint density at radius 3 is 2.67 bits per heavy atom. The van der Waals surface area contributed by atoms with Gasteiger partial charge in [0.05, 0.1) is 30.9 Å². The second-order valence-electron chi connectivity index (χ2n) is 5.65. The molecule has 6 nitrogen and oxygen atoms in total. The molecule has 0 unspecified atom stereocenters. The van der Waals surface area contributed by atoms with Gasteiger partial charge in [-0.2, -0.15) is 4.99 Å². The van der Waals surface area contributed by atoms with Crippen molar-refractivity contribution in [1.29, 1.82) is 0 Å². The Labute approximate surface area is 164 Å². The normalized spacial score (nSPS) is 11.6. The fourth-order valence-electron chi connectivity index (χ4n) is 2.56. The minimum atomic E-state index is -0.425. The number of amides is 1. The lowest BCUT2D eigenvalue weighted by Crippen LogP contribution is -2.22. The van der Waals surface area contributed by atoms with Gasteiger partial charge < -0.3 is 14.0 Å². The van der Waals surface area contributed by atoms with E-state index in [1.165, 1.54) is 18.4 Å². The van der Waals surface area contributed by atoms with E-state index in [2.05, 4.69) is 4.99 Å². The highest BCUT2D eigenvalue weighted by atomic mass is 35.5. The fraction of sp³-hybridized carbons (Fsp3) is 0.211. The van der Waals surface area contributed by atoms with Crippen LogP contribution in [0.3, 0.4) is 0 Å². The van der Waals surface area contributed by atoms with Crippen molar-refractivity contribution in [3.8, 4) is 5.75 Å². The third kappa shape index (κ3) is 4.37. The van der Waals surface area contributed by atoms with E-state index in [1.54, 1.807) is 35.9 Å². The molecule has 1 aromatic heterocycles. The van der Waals surface area contributed by atoms with Crippen molar-refractivity contribution in [2.45, 2.75) is 13.0 Å². The number of methoxy groups -OCH3 is 2. The average Bonchev–Trinajstić information content (AvgIpc) is 2.99. The van der Waals surface area contributed by atoms with Gasteiger partial charge in [-0.25, -0.2) is 0 Å². The number of thiazole rings is 1. The van der Waals surface area contributed by atoms with Crippen LogP contribution in [0.25, 0.3) is 10.2 Å². The first-order chi connectivity index (χ1) is 13.0. The maximum absolute atomic E-state index is 12.5. The van der Waals surface area contributed by atoms with E-state index in [-0.39, 0.29) is 18.9 Å². The molecular weight excluding hydrogens is 388 g/mol. The Morgan fingerprint density at radius 2 is 1.96 bits per heavy atom. The number of hydrogen-bond acceptors (Lipinski definition) is 5. The van der Waals surface area contributed by atoms with Gasteiger partial charge in [0.1, 0.15) is 12.3 Å². The number of halogens is 1. The molecule has 3 aromatic rings. The maximum atomic E-state index is 12.5. The molecule has 2 aromatic carbocycles. The Bertz CT molecular complexity index is 1070. The first-order valence-electron chi connectivity index (χ1n) is 8.07. The van der Waals surface area contributed by atoms with Gasteiger partial charge in [0, 0.05) is 5.02 Å². The lowest BCUT2D eigenvalue weighted by Gasteiger charge is -2.04. The van der Waals surface area contributed by atoms with Crippen molar-refractivity contribution in [1.82, 2.24) is 4.57 Å². The summed E-state index contributed by atoms with van der Waals surface area (Å²) in [4.78, 5) is 28.9. The summed E-state index contributed by atoms with van der Waals surface area (Å²) in [5, 5.41) is 0.518. The molecule has 0 N–H and O–H groups in total. The molecule has 0 spiro atoms. The van der Waals surface area contributed by atoms with Crippen molar-refractivity contribution >= 4 is 45.0 Å². The number of rotatable bonds is 5. The van der Waals surface area contributed by atoms with Gasteiger partial charge in [-0.1, -0.05) is 41.1 Å². The summed E-state index contributed by atoms with van der Waals surface area (Å²) < 4.78 is 12.5. The molecule has 0 atom stereocenters. The Morgan fingerprint density at radius 1 is 1.19 bits per heavy atom. The predicted molar refractivity (Wildman–Crippen MR) is 104 cm³/mol. The third-order valence-corrected chi connectivity index (χ3v) is 5.33. The van der Waals surface area contributed by atoms with Gasteiger partial charge in [-0.05, 0) is 29.8 Å². The number of ether oxygens (including phenoxy) is 2. The summed E-state index contributed by atoms with van der Waals surface area (Å²) in [7, 11) is 2.90. The summed E-state index contributed by atoms with van der Waals surface area (Å²) in [5.74, 6) is -0.0892. The van der Waals surface area contributed by atoms with E-state index in [0.717, 1.165) is 10.2 Å². The molecule has 8 heteroatoms. The second kappa shape index (κ2) is 8.37.